The van der Waals surface area contributed by atoms with E-state index in [9.17, 15) is 61.0 Å². The van der Waals surface area contributed by atoms with E-state index < -0.39 is 127 Å². The average Bonchev–Trinajstić information content (AvgIpc) is 3.38. The molecule has 0 saturated carbocycles. The van der Waals surface area contributed by atoms with Crippen LogP contribution >= 0.6 is 0 Å². The summed E-state index contributed by atoms with van der Waals surface area (Å²) >= 11 is 0. The maximum atomic E-state index is 13.7. The zero-order chi connectivity index (χ0) is 36.9. The molecule has 0 aliphatic carbocycles. The standard InChI is InChI=1S/C32H38O19/c1-11-19(37)23(41)27(51-31-28(43)32(44,9-33)10-46-31)30(47-11)45-8-17-20(38)22(40)24(42)29(49-17)50-26-21(39)18-15(36)6-14(35)7-16(18)48-25(26)12-2-4-13(34)5-3-12/h2-7,11,17,19-20,22-24,27-31,33-38,40-44H,8-10H2,1H3/t11-,17+,19-,20-,22-,23+,24+,27+,28-,29-,30+,31-,32+/m0/s1. The van der Waals surface area contributed by atoms with Crippen molar-refractivity contribution in [3.8, 4) is 34.3 Å². The molecule has 2 aromatic carbocycles. The van der Waals surface area contributed by atoms with Gasteiger partial charge in [-0.25, -0.2) is 0 Å². The van der Waals surface area contributed by atoms with E-state index in [4.69, 9.17) is 32.8 Å². The summed E-state index contributed by atoms with van der Waals surface area (Å²) in [7, 11) is 0. The van der Waals surface area contributed by atoms with E-state index in [2.05, 4.69) is 0 Å². The highest BCUT2D eigenvalue weighted by molar-refractivity contribution is 5.88. The summed E-state index contributed by atoms with van der Waals surface area (Å²) in [6.45, 7) is -0.675. The van der Waals surface area contributed by atoms with Crippen molar-refractivity contribution in [3.05, 3.63) is 46.6 Å². The Balaban J connectivity index is 1.26. The van der Waals surface area contributed by atoms with Crippen molar-refractivity contribution in [1.29, 1.82) is 0 Å². The molecule has 13 atom stereocenters. The topological polar surface area (TPSA) is 308 Å². The number of fused-ring (bicyclic) bond motifs is 1. The molecule has 1 aromatic heterocycles. The molecule has 0 amide bonds. The van der Waals surface area contributed by atoms with Crippen molar-refractivity contribution in [2.24, 2.45) is 0 Å². The Bertz CT molecular complexity index is 1750. The lowest BCUT2D eigenvalue weighted by atomic mass is 9.98. The first-order valence-corrected chi connectivity index (χ1v) is 15.7. The number of phenols is 3. The lowest BCUT2D eigenvalue weighted by molar-refractivity contribution is -0.342. The van der Waals surface area contributed by atoms with Gasteiger partial charge in [-0.15, -0.1) is 0 Å². The van der Waals surface area contributed by atoms with E-state index >= 15 is 0 Å². The minimum atomic E-state index is -2.08. The molecule has 3 aromatic rings. The van der Waals surface area contributed by atoms with Gasteiger partial charge in [-0.05, 0) is 31.2 Å². The highest BCUT2D eigenvalue weighted by Gasteiger charge is 2.53. The summed E-state index contributed by atoms with van der Waals surface area (Å²) in [5.74, 6) is -2.15. The maximum absolute atomic E-state index is 13.7. The van der Waals surface area contributed by atoms with Gasteiger partial charge in [-0.2, -0.15) is 0 Å². The molecule has 6 rings (SSSR count). The normalized spacial score (nSPS) is 37.1. The van der Waals surface area contributed by atoms with Crippen molar-refractivity contribution in [2.75, 3.05) is 19.8 Å². The third kappa shape index (κ3) is 6.97. The van der Waals surface area contributed by atoms with Crippen LogP contribution in [0.15, 0.2) is 45.6 Å². The first-order chi connectivity index (χ1) is 24.1. The Morgan fingerprint density at radius 1 is 0.843 bits per heavy atom. The number of aliphatic hydroxyl groups excluding tert-OH is 7. The Hall–Kier alpha value is -3.67. The Morgan fingerprint density at radius 2 is 1.55 bits per heavy atom. The molecular formula is C32H38O19. The number of hydrogen-bond acceptors (Lipinski definition) is 19. The molecule has 3 aliphatic rings. The number of hydrogen-bond donors (Lipinski definition) is 11. The number of phenolic OH excluding ortho intramolecular Hbond substituents is 3. The van der Waals surface area contributed by atoms with E-state index in [1.807, 2.05) is 0 Å². The second kappa shape index (κ2) is 14.4. The molecule has 0 bridgehead atoms. The van der Waals surface area contributed by atoms with Crippen molar-refractivity contribution < 1.29 is 89.0 Å². The highest BCUT2D eigenvalue weighted by atomic mass is 16.8. The smallest absolute Gasteiger partial charge is 0.239 e. The van der Waals surface area contributed by atoms with Crippen LogP contribution in [0.25, 0.3) is 22.3 Å². The molecule has 19 heteroatoms. The Morgan fingerprint density at radius 3 is 2.22 bits per heavy atom. The maximum Gasteiger partial charge on any atom is 0.239 e. The van der Waals surface area contributed by atoms with E-state index in [1.54, 1.807) is 0 Å². The Labute approximate surface area is 287 Å². The molecule has 19 nitrogen and oxygen atoms in total. The van der Waals surface area contributed by atoms with Crippen LogP contribution in [-0.2, 0) is 23.7 Å². The predicted molar refractivity (Wildman–Crippen MR) is 165 cm³/mol. The number of ether oxygens (including phenoxy) is 6. The molecule has 3 saturated heterocycles. The zero-order valence-corrected chi connectivity index (χ0v) is 26.7. The van der Waals surface area contributed by atoms with Crippen molar-refractivity contribution in [1.82, 2.24) is 0 Å². The molecule has 4 heterocycles. The van der Waals surface area contributed by atoms with Gasteiger partial charge in [0.15, 0.2) is 18.3 Å². The van der Waals surface area contributed by atoms with Crippen molar-refractivity contribution in [3.63, 3.8) is 0 Å². The van der Waals surface area contributed by atoms with Gasteiger partial charge in [0.2, 0.25) is 17.5 Å². The average molecular weight is 727 g/mol. The van der Waals surface area contributed by atoms with Gasteiger partial charge in [-0.1, -0.05) is 0 Å². The molecule has 280 valence electrons. The number of aromatic hydroxyl groups is 3. The molecule has 3 fully saturated rings. The molecule has 0 spiro atoms. The van der Waals surface area contributed by atoms with E-state index in [0.29, 0.717) is 0 Å². The molecule has 0 radical (unpaired) electrons. The molecule has 0 unspecified atom stereocenters. The lowest BCUT2D eigenvalue weighted by Gasteiger charge is -2.44. The lowest BCUT2D eigenvalue weighted by Crippen LogP contribution is -2.62. The quantitative estimate of drug-likeness (QED) is 0.105. The molecular weight excluding hydrogens is 688 g/mol. The highest BCUT2D eigenvalue weighted by Crippen LogP contribution is 2.38. The number of rotatable bonds is 9. The monoisotopic (exact) mass is 726 g/mol. The summed E-state index contributed by atoms with van der Waals surface area (Å²) in [5, 5.41) is 114. The van der Waals surface area contributed by atoms with E-state index in [-0.39, 0.29) is 22.7 Å². The van der Waals surface area contributed by atoms with Gasteiger partial charge in [-0.3, -0.25) is 4.79 Å². The summed E-state index contributed by atoms with van der Waals surface area (Å²) in [6.07, 6.45) is -20.1. The minimum Gasteiger partial charge on any atom is -0.508 e. The van der Waals surface area contributed by atoms with Gasteiger partial charge in [0, 0.05) is 17.7 Å². The van der Waals surface area contributed by atoms with Crippen molar-refractivity contribution in [2.45, 2.75) is 86.3 Å². The third-order valence-electron chi connectivity index (χ3n) is 9.03. The van der Waals surface area contributed by atoms with Crippen LogP contribution in [0.2, 0.25) is 0 Å². The first kappa shape index (κ1) is 37.1. The summed E-state index contributed by atoms with van der Waals surface area (Å²) in [5.41, 5.74) is -3.14. The van der Waals surface area contributed by atoms with Gasteiger partial charge in [0.25, 0.3) is 0 Å². The van der Waals surface area contributed by atoms with Gasteiger partial charge >= 0.3 is 0 Å². The largest absolute Gasteiger partial charge is 0.508 e. The van der Waals surface area contributed by atoms with Crippen LogP contribution in [0.1, 0.15) is 6.92 Å². The fourth-order valence-electron chi connectivity index (χ4n) is 5.98. The van der Waals surface area contributed by atoms with Crippen LogP contribution in [0.5, 0.6) is 23.0 Å². The van der Waals surface area contributed by atoms with Crippen LogP contribution < -0.4 is 10.2 Å². The van der Waals surface area contributed by atoms with Gasteiger partial charge in [0.1, 0.15) is 82.7 Å². The van der Waals surface area contributed by atoms with E-state index in [1.165, 1.54) is 31.2 Å². The second-order valence-corrected chi connectivity index (χ2v) is 12.6. The molecule has 11 N–H and O–H groups in total. The first-order valence-electron chi connectivity index (χ1n) is 15.7. The number of aliphatic hydroxyl groups is 8. The summed E-state index contributed by atoms with van der Waals surface area (Å²) in [4.78, 5) is 13.7. The summed E-state index contributed by atoms with van der Waals surface area (Å²) < 4.78 is 39.6. The molecule has 3 aliphatic heterocycles. The van der Waals surface area contributed by atoms with Crippen LogP contribution in [0.4, 0.5) is 0 Å². The zero-order valence-electron chi connectivity index (χ0n) is 26.7. The van der Waals surface area contributed by atoms with Crippen LogP contribution in [-0.4, -0.2) is 155 Å². The van der Waals surface area contributed by atoms with Crippen LogP contribution in [0, 0.1) is 0 Å². The van der Waals surface area contributed by atoms with Crippen molar-refractivity contribution >= 4 is 11.0 Å². The van der Waals surface area contributed by atoms with Crippen LogP contribution in [0.3, 0.4) is 0 Å². The Kier molecular flexibility index (Phi) is 10.5. The third-order valence-corrected chi connectivity index (χ3v) is 9.03. The fourth-order valence-corrected chi connectivity index (χ4v) is 5.98. The second-order valence-electron chi connectivity index (χ2n) is 12.6. The SMILES string of the molecule is C[C@@H]1O[C@@H](OC[C@H]2O[C@@H](Oc3c(-c4ccc(O)cc4)oc4cc(O)cc(O)c4c3=O)[C@H](O)[C@@H](O)[C@H]2O)[C@H](O[C@@H]2OC[C@](O)(CO)[C@H]2O)[C@H](O)[C@H]1O. The minimum absolute atomic E-state index is 0.129. The van der Waals surface area contributed by atoms with Gasteiger partial charge in [0.05, 0.1) is 25.9 Å². The number of benzene rings is 2. The molecule has 51 heavy (non-hydrogen) atoms. The van der Waals surface area contributed by atoms with Gasteiger partial charge < -0.3 is 89.0 Å². The predicted octanol–water partition coefficient (Wildman–Crippen LogP) is -2.93. The fraction of sp³-hybridized carbons (Fsp3) is 0.531. The summed E-state index contributed by atoms with van der Waals surface area (Å²) in [6, 6.07) is 7.22. The van der Waals surface area contributed by atoms with E-state index in [0.717, 1.165) is 12.1 Å².